The number of hydrogen-bond acceptors (Lipinski definition) is 3. The van der Waals surface area contributed by atoms with E-state index >= 15 is 0 Å². The Morgan fingerprint density at radius 2 is 1.86 bits per heavy atom. The third-order valence-electron chi connectivity index (χ3n) is 1.13. The first kappa shape index (κ1) is 12.4. The van der Waals surface area contributed by atoms with Crippen molar-refractivity contribution in [1.29, 1.82) is 0 Å². The minimum atomic E-state index is -0.434. The topological polar surface area (TPSA) is 38.3 Å². The molecule has 0 aliphatic carbocycles. The van der Waals surface area contributed by atoms with Crippen molar-refractivity contribution in [3.05, 3.63) is 43.0 Å². The molecule has 0 bridgehead atoms. The lowest BCUT2D eigenvalue weighted by Gasteiger charge is -1.98. The van der Waals surface area contributed by atoms with Gasteiger partial charge in [0.2, 0.25) is 0 Å². The van der Waals surface area contributed by atoms with Gasteiger partial charge in [-0.25, -0.2) is 4.79 Å². The first-order valence-electron chi connectivity index (χ1n) is 4.22. The predicted molar refractivity (Wildman–Crippen MR) is 57.3 cm³/mol. The second kappa shape index (κ2) is 8.01. The molecule has 0 amide bonds. The largest absolute Gasteiger partial charge is 0.423 e. The van der Waals surface area contributed by atoms with Gasteiger partial charge in [0.05, 0.1) is 0 Å². The van der Waals surface area contributed by atoms with Gasteiger partial charge < -0.3 is 10.1 Å². The van der Waals surface area contributed by atoms with Crippen molar-refractivity contribution in [3.8, 4) is 5.75 Å². The van der Waals surface area contributed by atoms with Crippen molar-refractivity contribution in [3.63, 3.8) is 0 Å². The van der Waals surface area contributed by atoms with Crippen LogP contribution < -0.4 is 10.1 Å². The Hall–Kier alpha value is -1.61. The number of rotatable bonds is 2. The smallest absolute Gasteiger partial charge is 0.335 e. The van der Waals surface area contributed by atoms with E-state index < -0.39 is 5.97 Å². The molecule has 0 spiro atoms. The molecule has 0 radical (unpaired) electrons. The van der Waals surface area contributed by atoms with Gasteiger partial charge in [0.25, 0.3) is 0 Å². The number of para-hydroxylation sites is 1. The third kappa shape index (κ3) is 5.97. The molecule has 0 aliphatic heterocycles. The molecular formula is C11H15NO2. The fourth-order valence-electron chi connectivity index (χ4n) is 0.646. The lowest BCUT2D eigenvalue weighted by Crippen LogP contribution is -2.02. The number of benzene rings is 1. The molecule has 1 aromatic carbocycles. The summed E-state index contributed by atoms with van der Waals surface area (Å²) >= 11 is 0. The first-order chi connectivity index (χ1) is 6.74. The van der Waals surface area contributed by atoms with Crippen LogP contribution in [0.25, 0.3) is 0 Å². The van der Waals surface area contributed by atoms with Crippen LogP contribution in [-0.2, 0) is 4.79 Å². The van der Waals surface area contributed by atoms with Gasteiger partial charge in [-0.05, 0) is 26.2 Å². The monoisotopic (exact) mass is 193 g/mol. The van der Waals surface area contributed by atoms with Crippen LogP contribution in [0.2, 0.25) is 0 Å². The molecule has 0 aliphatic rings. The quantitative estimate of drug-likeness (QED) is 0.440. The average Bonchev–Trinajstić information content (AvgIpc) is 2.20. The van der Waals surface area contributed by atoms with Crippen molar-refractivity contribution >= 4 is 5.97 Å². The molecule has 1 aromatic rings. The number of carbonyl (C=O) groups is 1. The second-order valence-corrected chi connectivity index (χ2v) is 2.44. The van der Waals surface area contributed by atoms with Gasteiger partial charge in [0, 0.05) is 6.08 Å². The fourth-order valence-corrected chi connectivity index (χ4v) is 0.646. The summed E-state index contributed by atoms with van der Waals surface area (Å²) in [6.45, 7) is 3.28. The standard InChI is InChI=1S/C9H8O2.C2H7N/c1-2-9(10)11-8-6-4-3-5-7-8;1-3-2/h2-7H,1H2;3H,1-2H3. The summed E-state index contributed by atoms with van der Waals surface area (Å²) in [5.41, 5.74) is 0. The maximum Gasteiger partial charge on any atom is 0.335 e. The summed E-state index contributed by atoms with van der Waals surface area (Å²) in [4.78, 5) is 10.6. The van der Waals surface area contributed by atoms with Gasteiger partial charge in [0.1, 0.15) is 5.75 Å². The summed E-state index contributed by atoms with van der Waals surface area (Å²) in [7, 11) is 3.75. The van der Waals surface area contributed by atoms with Crippen LogP contribution in [0.5, 0.6) is 5.75 Å². The van der Waals surface area contributed by atoms with E-state index in [1.54, 1.807) is 24.3 Å². The summed E-state index contributed by atoms with van der Waals surface area (Å²) in [5.74, 6) is 0.105. The minimum absolute atomic E-state index is 0.434. The van der Waals surface area contributed by atoms with Crippen LogP contribution in [-0.4, -0.2) is 20.1 Å². The van der Waals surface area contributed by atoms with Crippen molar-refractivity contribution in [2.75, 3.05) is 14.1 Å². The van der Waals surface area contributed by atoms with E-state index in [-0.39, 0.29) is 0 Å². The van der Waals surface area contributed by atoms with E-state index in [1.165, 1.54) is 0 Å². The van der Waals surface area contributed by atoms with Gasteiger partial charge in [0.15, 0.2) is 0 Å². The Bertz CT molecular complexity index is 270. The van der Waals surface area contributed by atoms with E-state index in [0.717, 1.165) is 6.08 Å². The maximum absolute atomic E-state index is 10.6. The van der Waals surface area contributed by atoms with Crippen LogP contribution in [0.15, 0.2) is 43.0 Å². The van der Waals surface area contributed by atoms with E-state index in [1.807, 2.05) is 20.2 Å². The highest BCUT2D eigenvalue weighted by Crippen LogP contribution is 2.07. The molecule has 1 N–H and O–H groups in total. The Morgan fingerprint density at radius 3 is 2.29 bits per heavy atom. The Morgan fingerprint density at radius 1 is 1.36 bits per heavy atom. The Labute approximate surface area is 84.4 Å². The highest BCUT2D eigenvalue weighted by atomic mass is 16.5. The minimum Gasteiger partial charge on any atom is -0.423 e. The molecule has 76 valence electrons. The number of hydrogen-bond donors (Lipinski definition) is 1. The number of nitrogens with one attached hydrogen (secondary N) is 1. The third-order valence-corrected chi connectivity index (χ3v) is 1.13. The zero-order chi connectivity index (χ0) is 10.8. The molecule has 3 nitrogen and oxygen atoms in total. The lowest BCUT2D eigenvalue weighted by molar-refractivity contribution is -0.128. The van der Waals surface area contributed by atoms with E-state index in [9.17, 15) is 4.79 Å². The molecule has 1 rings (SSSR count). The van der Waals surface area contributed by atoms with Crippen LogP contribution >= 0.6 is 0 Å². The van der Waals surface area contributed by atoms with Crippen LogP contribution in [0.4, 0.5) is 0 Å². The number of carbonyl (C=O) groups excluding carboxylic acids is 1. The zero-order valence-corrected chi connectivity index (χ0v) is 8.49. The zero-order valence-electron chi connectivity index (χ0n) is 8.49. The fraction of sp³-hybridized carbons (Fsp3) is 0.182. The van der Waals surface area contributed by atoms with Crippen molar-refractivity contribution in [2.24, 2.45) is 0 Å². The summed E-state index contributed by atoms with van der Waals surface area (Å²) in [5, 5.41) is 2.75. The van der Waals surface area contributed by atoms with E-state index in [0.29, 0.717) is 5.75 Å². The molecule has 0 fully saturated rings. The summed E-state index contributed by atoms with van der Waals surface area (Å²) in [6.07, 6.45) is 1.13. The molecule has 14 heavy (non-hydrogen) atoms. The molecule has 0 aromatic heterocycles. The molecular weight excluding hydrogens is 178 g/mol. The van der Waals surface area contributed by atoms with Crippen LogP contribution in [0.3, 0.4) is 0 Å². The van der Waals surface area contributed by atoms with Gasteiger partial charge >= 0.3 is 5.97 Å². The van der Waals surface area contributed by atoms with Crippen LogP contribution in [0.1, 0.15) is 0 Å². The number of ether oxygens (including phenoxy) is 1. The van der Waals surface area contributed by atoms with Crippen LogP contribution in [0, 0.1) is 0 Å². The molecule has 0 unspecified atom stereocenters. The van der Waals surface area contributed by atoms with Gasteiger partial charge in [-0.1, -0.05) is 24.8 Å². The molecule has 3 heteroatoms. The normalized spacial score (nSPS) is 8.14. The summed E-state index contributed by atoms with van der Waals surface area (Å²) in [6, 6.07) is 8.87. The molecule has 0 saturated heterocycles. The van der Waals surface area contributed by atoms with Crippen molar-refractivity contribution in [2.45, 2.75) is 0 Å². The molecule has 0 saturated carbocycles. The van der Waals surface area contributed by atoms with E-state index in [2.05, 4.69) is 11.9 Å². The van der Waals surface area contributed by atoms with Crippen molar-refractivity contribution < 1.29 is 9.53 Å². The van der Waals surface area contributed by atoms with E-state index in [4.69, 9.17) is 4.74 Å². The van der Waals surface area contributed by atoms with Crippen molar-refractivity contribution in [1.82, 2.24) is 5.32 Å². The Kier molecular flexibility index (Phi) is 7.09. The maximum atomic E-state index is 10.6. The first-order valence-corrected chi connectivity index (χ1v) is 4.22. The Balaban J connectivity index is 0.000000500. The number of esters is 1. The molecule has 0 heterocycles. The SMILES string of the molecule is C=CC(=O)Oc1ccccc1.CNC. The van der Waals surface area contributed by atoms with Gasteiger partial charge in [-0.3, -0.25) is 0 Å². The van der Waals surface area contributed by atoms with Gasteiger partial charge in [-0.15, -0.1) is 0 Å². The lowest BCUT2D eigenvalue weighted by atomic mass is 10.3. The summed E-state index contributed by atoms with van der Waals surface area (Å²) < 4.78 is 4.81. The second-order valence-electron chi connectivity index (χ2n) is 2.44. The average molecular weight is 193 g/mol. The van der Waals surface area contributed by atoms with Gasteiger partial charge in [-0.2, -0.15) is 0 Å². The predicted octanol–water partition coefficient (Wildman–Crippen LogP) is 1.61. The highest BCUT2D eigenvalue weighted by molar-refractivity contribution is 5.83. The molecule has 0 atom stereocenters. The highest BCUT2D eigenvalue weighted by Gasteiger charge is 1.95.